The van der Waals surface area contributed by atoms with Gasteiger partial charge in [-0.3, -0.25) is 9.59 Å². The first-order valence-electron chi connectivity index (χ1n) is 5.70. The Morgan fingerprint density at radius 3 is 2.67 bits per heavy atom. The first kappa shape index (κ1) is 12.0. The molecule has 0 saturated carbocycles. The molecule has 2 amide bonds. The fourth-order valence-corrected chi connectivity index (χ4v) is 1.80. The van der Waals surface area contributed by atoms with Gasteiger partial charge in [-0.25, -0.2) is 0 Å². The Kier molecular flexibility index (Phi) is 4.12. The summed E-state index contributed by atoms with van der Waals surface area (Å²) in [5.41, 5.74) is 0. The Labute approximate surface area is 91.0 Å². The van der Waals surface area contributed by atoms with Gasteiger partial charge in [0.1, 0.15) is 6.04 Å². The van der Waals surface area contributed by atoms with Gasteiger partial charge in [-0.2, -0.15) is 0 Å². The lowest BCUT2D eigenvalue weighted by Gasteiger charge is -2.28. The van der Waals surface area contributed by atoms with Crippen molar-refractivity contribution in [1.29, 1.82) is 0 Å². The molecule has 0 radical (unpaired) electrons. The largest absolute Gasteiger partial charge is 0.344 e. The molecule has 4 heteroatoms. The highest BCUT2D eigenvalue weighted by atomic mass is 16.2. The van der Waals surface area contributed by atoms with Gasteiger partial charge in [0.2, 0.25) is 11.8 Å². The molecule has 1 aliphatic heterocycles. The average Bonchev–Trinajstić information content (AvgIpc) is 2.37. The van der Waals surface area contributed by atoms with Crippen molar-refractivity contribution in [2.24, 2.45) is 0 Å². The van der Waals surface area contributed by atoms with Crippen LogP contribution in [0.3, 0.4) is 0 Å². The smallest absolute Gasteiger partial charge is 0.245 e. The molecule has 86 valence electrons. The van der Waals surface area contributed by atoms with E-state index in [0.29, 0.717) is 19.4 Å². The average molecular weight is 212 g/mol. The summed E-state index contributed by atoms with van der Waals surface area (Å²) in [6, 6.07) is -0.103. The van der Waals surface area contributed by atoms with Crippen LogP contribution in [-0.2, 0) is 9.59 Å². The first-order chi connectivity index (χ1) is 7.10. The second-order valence-electron chi connectivity index (χ2n) is 4.07. The molecule has 1 aliphatic rings. The summed E-state index contributed by atoms with van der Waals surface area (Å²) in [6.45, 7) is 6.55. The van der Waals surface area contributed by atoms with Crippen LogP contribution in [0.2, 0.25) is 0 Å². The van der Waals surface area contributed by atoms with Crippen LogP contribution in [-0.4, -0.2) is 35.3 Å². The molecule has 2 atom stereocenters. The van der Waals surface area contributed by atoms with Crippen LogP contribution in [0.1, 0.15) is 40.0 Å². The van der Waals surface area contributed by atoms with Crippen LogP contribution < -0.4 is 5.32 Å². The van der Waals surface area contributed by atoms with E-state index >= 15 is 0 Å². The number of carbonyl (C=O) groups excluding carboxylic acids is 2. The van der Waals surface area contributed by atoms with E-state index in [1.165, 1.54) is 0 Å². The molecule has 0 aromatic carbocycles. The maximum Gasteiger partial charge on any atom is 0.245 e. The molecule has 1 rings (SSSR count). The van der Waals surface area contributed by atoms with Gasteiger partial charge < -0.3 is 10.2 Å². The fourth-order valence-electron chi connectivity index (χ4n) is 1.80. The molecular weight excluding hydrogens is 192 g/mol. The molecule has 1 N–H and O–H groups in total. The lowest BCUT2D eigenvalue weighted by atomic mass is 10.1. The zero-order valence-corrected chi connectivity index (χ0v) is 9.75. The van der Waals surface area contributed by atoms with Crippen molar-refractivity contribution in [2.45, 2.75) is 52.1 Å². The highest BCUT2D eigenvalue weighted by Gasteiger charge is 2.30. The predicted molar refractivity (Wildman–Crippen MR) is 58.3 cm³/mol. The molecule has 1 heterocycles. The van der Waals surface area contributed by atoms with Crippen molar-refractivity contribution in [2.75, 3.05) is 6.54 Å². The summed E-state index contributed by atoms with van der Waals surface area (Å²) in [4.78, 5) is 25.2. The minimum Gasteiger partial charge on any atom is -0.344 e. The van der Waals surface area contributed by atoms with Gasteiger partial charge in [0, 0.05) is 19.0 Å². The summed E-state index contributed by atoms with van der Waals surface area (Å²) >= 11 is 0. The molecule has 1 saturated heterocycles. The summed E-state index contributed by atoms with van der Waals surface area (Å²) < 4.78 is 0. The molecule has 15 heavy (non-hydrogen) atoms. The van der Waals surface area contributed by atoms with Gasteiger partial charge in [-0.1, -0.05) is 13.8 Å². The molecule has 0 spiro atoms. The number of carbonyl (C=O) groups is 2. The van der Waals surface area contributed by atoms with Crippen LogP contribution in [0, 0.1) is 0 Å². The fraction of sp³-hybridized carbons (Fsp3) is 0.818. The van der Waals surface area contributed by atoms with E-state index in [9.17, 15) is 9.59 Å². The molecular formula is C11H20N2O2. The molecule has 0 aliphatic carbocycles. The highest BCUT2D eigenvalue weighted by Crippen LogP contribution is 2.11. The lowest BCUT2D eigenvalue weighted by molar-refractivity contribution is -0.135. The van der Waals surface area contributed by atoms with E-state index in [4.69, 9.17) is 0 Å². The first-order valence-corrected chi connectivity index (χ1v) is 5.70. The summed E-state index contributed by atoms with van der Waals surface area (Å²) in [5.74, 6) is 0.0544. The van der Waals surface area contributed by atoms with Gasteiger partial charge in [0.15, 0.2) is 0 Å². The third-order valence-electron chi connectivity index (χ3n) is 3.03. The highest BCUT2D eigenvalue weighted by molar-refractivity contribution is 5.90. The Bertz CT molecular complexity index is 253. The van der Waals surface area contributed by atoms with Crippen LogP contribution in [0.4, 0.5) is 0 Å². The van der Waals surface area contributed by atoms with Crippen molar-refractivity contribution in [3.63, 3.8) is 0 Å². The van der Waals surface area contributed by atoms with Crippen molar-refractivity contribution in [3.8, 4) is 0 Å². The van der Waals surface area contributed by atoms with Crippen molar-refractivity contribution in [3.05, 3.63) is 0 Å². The van der Waals surface area contributed by atoms with Crippen LogP contribution >= 0.6 is 0 Å². The normalized spacial score (nSPS) is 24.7. The number of hydrogen-bond acceptors (Lipinski definition) is 2. The van der Waals surface area contributed by atoms with Gasteiger partial charge in [-0.05, 0) is 19.8 Å². The van der Waals surface area contributed by atoms with E-state index in [-0.39, 0.29) is 23.9 Å². The maximum atomic E-state index is 12.0. The summed E-state index contributed by atoms with van der Waals surface area (Å²) in [5, 5.41) is 2.76. The van der Waals surface area contributed by atoms with Crippen LogP contribution in [0.5, 0.6) is 0 Å². The van der Waals surface area contributed by atoms with Crippen LogP contribution in [0.25, 0.3) is 0 Å². The lowest BCUT2D eigenvalue weighted by Crippen LogP contribution is -2.47. The van der Waals surface area contributed by atoms with E-state index in [1.807, 2.05) is 18.7 Å². The Morgan fingerprint density at radius 1 is 1.47 bits per heavy atom. The van der Waals surface area contributed by atoms with Gasteiger partial charge >= 0.3 is 0 Å². The second-order valence-corrected chi connectivity index (χ2v) is 4.07. The molecule has 0 aromatic heterocycles. The summed E-state index contributed by atoms with van der Waals surface area (Å²) in [6.07, 6.45) is 2.01. The van der Waals surface area contributed by atoms with Crippen molar-refractivity contribution < 1.29 is 9.59 Å². The zero-order valence-electron chi connectivity index (χ0n) is 9.75. The second kappa shape index (κ2) is 5.14. The molecule has 1 fully saturated rings. The Hall–Kier alpha value is -1.06. The molecule has 2 unspecified atom stereocenters. The molecule has 0 bridgehead atoms. The Balaban J connectivity index is 2.79. The minimum atomic E-state index is -0.325. The quantitative estimate of drug-likeness (QED) is 0.756. The van der Waals surface area contributed by atoms with Gasteiger partial charge in [0.25, 0.3) is 0 Å². The third kappa shape index (κ3) is 2.70. The van der Waals surface area contributed by atoms with Crippen LogP contribution in [0.15, 0.2) is 0 Å². The minimum absolute atomic E-state index is 0.0130. The summed E-state index contributed by atoms with van der Waals surface area (Å²) in [7, 11) is 0. The number of rotatable bonds is 3. The van der Waals surface area contributed by atoms with E-state index in [1.54, 1.807) is 0 Å². The number of nitrogens with zero attached hydrogens (tertiary/aromatic N) is 1. The number of hydrogen-bond donors (Lipinski definition) is 1. The molecule has 0 aromatic rings. The monoisotopic (exact) mass is 212 g/mol. The third-order valence-corrected chi connectivity index (χ3v) is 3.03. The predicted octanol–water partition coefficient (Wildman–Crippen LogP) is 0.912. The van der Waals surface area contributed by atoms with Crippen molar-refractivity contribution >= 4 is 11.8 Å². The molecule has 4 nitrogen and oxygen atoms in total. The van der Waals surface area contributed by atoms with Gasteiger partial charge in [-0.15, -0.1) is 0 Å². The Morgan fingerprint density at radius 2 is 2.13 bits per heavy atom. The zero-order chi connectivity index (χ0) is 11.4. The topological polar surface area (TPSA) is 49.4 Å². The number of nitrogens with one attached hydrogen (secondary N) is 1. The van der Waals surface area contributed by atoms with Crippen molar-refractivity contribution in [1.82, 2.24) is 10.2 Å². The van der Waals surface area contributed by atoms with Gasteiger partial charge in [0.05, 0.1) is 0 Å². The van der Waals surface area contributed by atoms with E-state index in [0.717, 1.165) is 6.42 Å². The van der Waals surface area contributed by atoms with E-state index in [2.05, 4.69) is 12.2 Å². The van der Waals surface area contributed by atoms with E-state index < -0.39 is 0 Å². The SMILES string of the molecule is CCC1NC(=O)CCN(C(C)CC)C1=O. The standard InChI is InChI=1S/C11H20N2O2/c1-4-8(3)13-7-6-10(14)12-9(5-2)11(13)15/h8-9H,4-7H2,1-3H3,(H,12,14). The number of amides is 2. The maximum absolute atomic E-state index is 12.0.